The average Bonchev–Trinajstić information content (AvgIpc) is 2.31. The highest BCUT2D eigenvalue weighted by Gasteiger charge is 2.26. The highest BCUT2D eigenvalue weighted by atomic mass is 16.3. The van der Waals surface area contributed by atoms with Crippen molar-refractivity contribution in [2.24, 2.45) is 11.3 Å². The van der Waals surface area contributed by atoms with Gasteiger partial charge in [-0.3, -0.25) is 0 Å². The number of nitrogens with one attached hydrogen (secondary N) is 2. The number of aliphatic hydroxyl groups is 1. The van der Waals surface area contributed by atoms with E-state index < -0.39 is 0 Å². The SMILES string of the molecule is CC(CO)C(C)NC(=O)NC(CCN(C)C)C(C)(C)C. The van der Waals surface area contributed by atoms with Crippen LogP contribution in [0, 0.1) is 11.3 Å². The Morgan fingerprint density at radius 1 is 1.20 bits per heavy atom. The topological polar surface area (TPSA) is 64.6 Å². The number of amides is 2. The van der Waals surface area contributed by atoms with Crippen LogP contribution in [0.5, 0.6) is 0 Å². The van der Waals surface area contributed by atoms with E-state index in [0.717, 1.165) is 13.0 Å². The molecule has 0 fully saturated rings. The molecule has 0 saturated heterocycles. The normalized spacial score (nSPS) is 16.6. The van der Waals surface area contributed by atoms with Crippen molar-refractivity contribution in [3.05, 3.63) is 0 Å². The predicted molar refractivity (Wildman–Crippen MR) is 83.8 cm³/mol. The summed E-state index contributed by atoms with van der Waals surface area (Å²) < 4.78 is 0. The molecule has 5 nitrogen and oxygen atoms in total. The molecule has 3 unspecified atom stereocenters. The molecule has 0 aliphatic carbocycles. The first-order chi connectivity index (χ1) is 9.07. The fourth-order valence-electron chi connectivity index (χ4n) is 1.82. The Bertz CT molecular complexity index is 287. The highest BCUT2D eigenvalue weighted by molar-refractivity contribution is 5.74. The Morgan fingerprint density at radius 3 is 2.15 bits per heavy atom. The molecule has 0 aliphatic heterocycles. The van der Waals surface area contributed by atoms with Gasteiger partial charge in [-0.1, -0.05) is 27.7 Å². The average molecular weight is 287 g/mol. The van der Waals surface area contributed by atoms with Crippen molar-refractivity contribution in [2.75, 3.05) is 27.2 Å². The molecule has 3 N–H and O–H groups in total. The van der Waals surface area contributed by atoms with Crippen molar-refractivity contribution >= 4 is 6.03 Å². The zero-order chi connectivity index (χ0) is 15.9. The fourth-order valence-corrected chi connectivity index (χ4v) is 1.82. The van der Waals surface area contributed by atoms with Crippen LogP contribution >= 0.6 is 0 Å². The maximum Gasteiger partial charge on any atom is 0.315 e. The maximum atomic E-state index is 12.1. The van der Waals surface area contributed by atoms with Gasteiger partial charge in [-0.05, 0) is 45.3 Å². The highest BCUT2D eigenvalue weighted by Crippen LogP contribution is 2.22. The van der Waals surface area contributed by atoms with Gasteiger partial charge in [-0.25, -0.2) is 4.79 Å². The predicted octanol–water partition coefficient (Wildman–Crippen LogP) is 1.67. The van der Waals surface area contributed by atoms with Gasteiger partial charge < -0.3 is 20.6 Å². The molecule has 0 saturated carbocycles. The Kier molecular flexibility index (Phi) is 8.13. The molecule has 3 atom stereocenters. The van der Waals surface area contributed by atoms with Crippen LogP contribution in [-0.4, -0.2) is 55.4 Å². The van der Waals surface area contributed by atoms with Crippen molar-refractivity contribution in [1.82, 2.24) is 15.5 Å². The van der Waals surface area contributed by atoms with Gasteiger partial charge in [0.25, 0.3) is 0 Å². The molecular formula is C15H33N3O2. The summed E-state index contributed by atoms with van der Waals surface area (Å²) in [7, 11) is 4.07. The first-order valence-electron chi connectivity index (χ1n) is 7.40. The molecule has 0 radical (unpaired) electrons. The number of hydrogen-bond acceptors (Lipinski definition) is 3. The number of nitrogens with zero attached hydrogens (tertiary/aromatic N) is 1. The molecule has 0 aromatic rings. The van der Waals surface area contributed by atoms with Gasteiger partial charge in [0, 0.05) is 18.7 Å². The van der Waals surface area contributed by atoms with Crippen LogP contribution in [0.2, 0.25) is 0 Å². The smallest absolute Gasteiger partial charge is 0.315 e. The summed E-state index contributed by atoms with van der Waals surface area (Å²) in [6.45, 7) is 11.2. The Morgan fingerprint density at radius 2 is 1.75 bits per heavy atom. The first kappa shape index (κ1) is 19.2. The first-order valence-corrected chi connectivity index (χ1v) is 7.40. The molecule has 20 heavy (non-hydrogen) atoms. The van der Waals surface area contributed by atoms with Gasteiger partial charge in [0.1, 0.15) is 0 Å². The molecule has 0 aliphatic rings. The van der Waals surface area contributed by atoms with Crippen LogP contribution < -0.4 is 10.6 Å². The lowest BCUT2D eigenvalue weighted by molar-refractivity contribution is 0.187. The molecule has 0 aromatic carbocycles. The summed E-state index contributed by atoms with van der Waals surface area (Å²) in [5.41, 5.74) is 0.0131. The number of aliphatic hydroxyl groups excluding tert-OH is 1. The largest absolute Gasteiger partial charge is 0.396 e. The number of carbonyl (C=O) groups excluding carboxylic acids is 1. The molecule has 5 heteroatoms. The molecule has 0 rings (SSSR count). The third-order valence-electron chi connectivity index (χ3n) is 3.72. The number of hydrogen-bond donors (Lipinski definition) is 3. The molecule has 0 bridgehead atoms. The lowest BCUT2D eigenvalue weighted by Gasteiger charge is -2.33. The number of carbonyl (C=O) groups is 1. The Hall–Kier alpha value is -0.810. The van der Waals surface area contributed by atoms with E-state index >= 15 is 0 Å². The van der Waals surface area contributed by atoms with Crippen LogP contribution in [0.4, 0.5) is 4.79 Å². The summed E-state index contributed by atoms with van der Waals surface area (Å²) in [6.07, 6.45) is 0.911. The van der Waals surface area contributed by atoms with E-state index in [0.29, 0.717) is 0 Å². The Labute approximate surface area is 124 Å². The van der Waals surface area contributed by atoms with Crippen molar-refractivity contribution < 1.29 is 9.90 Å². The zero-order valence-electron chi connectivity index (χ0n) is 14.2. The van der Waals surface area contributed by atoms with Crippen LogP contribution in [-0.2, 0) is 0 Å². The van der Waals surface area contributed by atoms with E-state index in [9.17, 15) is 4.79 Å². The van der Waals surface area contributed by atoms with E-state index in [4.69, 9.17) is 5.11 Å². The lowest BCUT2D eigenvalue weighted by atomic mass is 9.84. The number of urea groups is 1. The van der Waals surface area contributed by atoms with Crippen molar-refractivity contribution in [1.29, 1.82) is 0 Å². The third kappa shape index (κ3) is 7.70. The lowest BCUT2D eigenvalue weighted by Crippen LogP contribution is -2.52. The Balaban J connectivity index is 4.46. The second-order valence-electron chi connectivity index (χ2n) is 7.08. The van der Waals surface area contributed by atoms with Gasteiger partial charge in [0.15, 0.2) is 0 Å². The standard InChI is InChI=1S/C15H33N3O2/c1-11(10-19)12(2)16-14(20)17-13(15(3,4)5)8-9-18(6)7/h11-13,19H,8-10H2,1-7H3,(H2,16,17,20). The molecule has 0 spiro atoms. The van der Waals surface area contributed by atoms with Gasteiger partial charge in [-0.2, -0.15) is 0 Å². The minimum atomic E-state index is -0.156. The molecule has 2 amide bonds. The van der Waals surface area contributed by atoms with Crippen LogP contribution in [0.25, 0.3) is 0 Å². The van der Waals surface area contributed by atoms with E-state index in [1.165, 1.54) is 0 Å². The van der Waals surface area contributed by atoms with E-state index in [-0.39, 0.29) is 36.1 Å². The molecular weight excluding hydrogens is 254 g/mol. The van der Waals surface area contributed by atoms with Crippen molar-refractivity contribution in [3.63, 3.8) is 0 Å². The molecule has 120 valence electrons. The van der Waals surface area contributed by atoms with Gasteiger partial charge in [0.2, 0.25) is 0 Å². The summed E-state index contributed by atoms with van der Waals surface area (Å²) in [4.78, 5) is 14.2. The number of rotatable bonds is 7. The summed E-state index contributed by atoms with van der Waals surface area (Å²) in [5, 5.41) is 15.1. The monoisotopic (exact) mass is 287 g/mol. The summed E-state index contributed by atoms with van der Waals surface area (Å²) in [6, 6.07) is -0.0903. The minimum absolute atomic E-state index is 0.0131. The second-order valence-corrected chi connectivity index (χ2v) is 7.08. The van der Waals surface area contributed by atoms with Gasteiger partial charge in [-0.15, -0.1) is 0 Å². The van der Waals surface area contributed by atoms with Crippen LogP contribution in [0.1, 0.15) is 41.0 Å². The summed E-state index contributed by atoms with van der Waals surface area (Å²) in [5.74, 6) is 0.0515. The fraction of sp³-hybridized carbons (Fsp3) is 0.933. The summed E-state index contributed by atoms with van der Waals surface area (Å²) >= 11 is 0. The van der Waals surface area contributed by atoms with Gasteiger partial charge in [0.05, 0.1) is 0 Å². The van der Waals surface area contributed by atoms with Crippen molar-refractivity contribution in [3.8, 4) is 0 Å². The molecule has 0 heterocycles. The molecule has 0 aromatic heterocycles. The van der Waals surface area contributed by atoms with Gasteiger partial charge >= 0.3 is 6.03 Å². The van der Waals surface area contributed by atoms with Crippen molar-refractivity contribution in [2.45, 2.75) is 53.1 Å². The maximum absolute atomic E-state index is 12.1. The van der Waals surface area contributed by atoms with Crippen LogP contribution in [0.3, 0.4) is 0 Å². The quantitative estimate of drug-likeness (QED) is 0.667. The third-order valence-corrected chi connectivity index (χ3v) is 3.72. The van der Waals surface area contributed by atoms with Crippen LogP contribution in [0.15, 0.2) is 0 Å². The van der Waals surface area contributed by atoms with E-state index in [2.05, 4.69) is 36.3 Å². The minimum Gasteiger partial charge on any atom is -0.396 e. The second kappa shape index (κ2) is 8.47. The zero-order valence-corrected chi connectivity index (χ0v) is 14.2. The van der Waals surface area contributed by atoms with E-state index in [1.807, 2.05) is 27.9 Å². The van der Waals surface area contributed by atoms with E-state index in [1.54, 1.807) is 0 Å².